The third kappa shape index (κ3) is 1.65. The van der Waals surface area contributed by atoms with Gasteiger partial charge in [0.05, 0.1) is 18.4 Å². The van der Waals surface area contributed by atoms with Gasteiger partial charge < -0.3 is 9.84 Å². The van der Waals surface area contributed by atoms with Crippen molar-refractivity contribution in [3.63, 3.8) is 0 Å². The standard InChI is InChI=1S/C15H20O4/c1-14(2)8-19-13(18)11(14)15-5-3-9(4-6-15)7-10(15)12(16)17/h3,5,9-11H,4,6-8H2,1-2H3,(H,16,17)/t9?,10-,11+,15?/m1/s1. The number of hydrogen-bond donors (Lipinski definition) is 1. The molecule has 2 bridgehead atoms. The van der Waals surface area contributed by atoms with Gasteiger partial charge in [0.2, 0.25) is 0 Å². The Bertz CT molecular complexity index is 465. The lowest BCUT2D eigenvalue weighted by Gasteiger charge is -2.51. The molecule has 0 spiro atoms. The maximum Gasteiger partial charge on any atom is 0.310 e. The highest BCUT2D eigenvalue weighted by molar-refractivity contribution is 5.80. The predicted octanol–water partition coefficient (Wildman–Crippen LogP) is 2.24. The van der Waals surface area contributed by atoms with Gasteiger partial charge in [-0.05, 0) is 25.2 Å². The summed E-state index contributed by atoms with van der Waals surface area (Å²) in [6, 6.07) is 0. The zero-order valence-electron chi connectivity index (χ0n) is 11.4. The average molecular weight is 264 g/mol. The number of hydrogen-bond acceptors (Lipinski definition) is 3. The van der Waals surface area contributed by atoms with E-state index in [1.807, 2.05) is 19.9 Å². The number of carboxylic acid groups (broad SMARTS) is 1. The van der Waals surface area contributed by atoms with Crippen molar-refractivity contribution >= 4 is 11.9 Å². The maximum atomic E-state index is 12.2. The summed E-state index contributed by atoms with van der Waals surface area (Å²) in [5.74, 6) is -1.42. The van der Waals surface area contributed by atoms with E-state index in [0.29, 0.717) is 18.9 Å². The van der Waals surface area contributed by atoms with Crippen LogP contribution < -0.4 is 0 Å². The van der Waals surface area contributed by atoms with Crippen LogP contribution in [0.2, 0.25) is 0 Å². The van der Waals surface area contributed by atoms with Gasteiger partial charge in [-0.25, -0.2) is 0 Å². The second-order valence-corrected chi connectivity index (χ2v) is 6.93. The molecule has 4 nitrogen and oxygen atoms in total. The molecule has 0 aromatic rings. The van der Waals surface area contributed by atoms with E-state index in [-0.39, 0.29) is 17.3 Å². The van der Waals surface area contributed by atoms with Gasteiger partial charge in [-0.15, -0.1) is 0 Å². The quantitative estimate of drug-likeness (QED) is 0.613. The summed E-state index contributed by atoms with van der Waals surface area (Å²) in [6.45, 7) is 4.40. The minimum absolute atomic E-state index is 0.221. The van der Waals surface area contributed by atoms with Crippen molar-refractivity contribution in [1.29, 1.82) is 0 Å². The van der Waals surface area contributed by atoms with Crippen LogP contribution in [-0.4, -0.2) is 23.7 Å². The number of fused-ring (bicyclic) bond motifs is 2. The molecule has 1 heterocycles. The topological polar surface area (TPSA) is 63.6 Å². The van der Waals surface area contributed by atoms with Gasteiger partial charge in [-0.3, -0.25) is 9.59 Å². The first-order chi connectivity index (χ1) is 8.87. The first-order valence-corrected chi connectivity index (χ1v) is 6.96. The van der Waals surface area contributed by atoms with Crippen LogP contribution in [0.1, 0.15) is 33.1 Å². The van der Waals surface area contributed by atoms with Crippen LogP contribution in [0.4, 0.5) is 0 Å². The average Bonchev–Trinajstić information content (AvgIpc) is 2.64. The SMILES string of the molecule is CC1(C)COC(=O)[C@@H]1C12C=CC(CC1)C[C@@H]2C(=O)O. The van der Waals surface area contributed by atoms with E-state index in [9.17, 15) is 14.7 Å². The molecular weight excluding hydrogens is 244 g/mol. The second kappa shape index (κ2) is 3.84. The molecule has 4 atom stereocenters. The Morgan fingerprint density at radius 1 is 1.47 bits per heavy atom. The van der Waals surface area contributed by atoms with Crippen LogP contribution >= 0.6 is 0 Å². The van der Waals surface area contributed by atoms with Crippen molar-refractivity contribution < 1.29 is 19.4 Å². The summed E-state index contributed by atoms with van der Waals surface area (Å²) >= 11 is 0. The van der Waals surface area contributed by atoms with Crippen molar-refractivity contribution in [2.24, 2.45) is 28.6 Å². The monoisotopic (exact) mass is 264 g/mol. The van der Waals surface area contributed by atoms with E-state index in [1.165, 1.54) is 0 Å². The Kier molecular flexibility index (Phi) is 2.57. The Balaban J connectivity index is 2.08. The minimum atomic E-state index is -0.774. The fraction of sp³-hybridized carbons (Fsp3) is 0.733. The van der Waals surface area contributed by atoms with E-state index < -0.39 is 17.3 Å². The number of rotatable bonds is 2. The highest BCUT2D eigenvalue weighted by atomic mass is 16.5. The van der Waals surface area contributed by atoms with Gasteiger partial charge in [0.25, 0.3) is 0 Å². The highest BCUT2D eigenvalue weighted by Crippen LogP contribution is 2.59. The third-order valence-corrected chi connectivity index (χ3v) is 5.25. The summed E-state index contributed by atoms with van der Waals surface area (Å²) in [7, 11) is 0. The molecule has 0 radical (unpaired) electrons. The number of aliphatic carboxylic acids is 1. The summed E-state index contributed by atoms with van der Waals surface area (Å²) in [6.07, 6.45) is 6.56. The van der Waals surface area contributed by atoms with E-state index in [1.54, 1.807) is 0 Å². The molecule has 0 aromatic heterocycles. The summed E-state index contributed by atoms with van der Waals surface area (Å²) in [5.41, 5.74) is -0.836. The Morgan fingerprint density at radius 3 is 2.68 bits per heavy atom. The first kappa shape index (κ1) is 12.7. The fourth-order valence-electron chi connectivity index (χ4n) is 4.40. The lowest BCUT2D eigenvalue weighted by molar-refractivity contribution is -0.157. The molecule has 0 amide bonds. The number of ether oxygens (including phenoxy) is 1. The van der Waals surface area contributed by atoms with Crippen molar-refractivity contribution in [1.82, 2.24) is 0 Å². The Hall–Kier alpha value is -1.32. The molecule has 1 N–H and O–H groups in total. The van der Waals surface area contributed by atoms with E-state index >= 15 is 0 Å². The lowest BCUT2D eigenvalue weighted by Crippen LogP contribution is -2.52. The van der Waals surface area contributed by atoms with Crippen LogP contribution in [0.5, 0.6) is 0 Å². The van der Waals surface area contributed by atoms with Gasteiger partial charge >= 0.3 is 11.9 Å². The van der Waals surface area contributed by atoms with Gasteiger partial charge in [-0.2, -0.15) is 0 Å². The number of esters is 1. The molecule has 4 heteroatoms. The molecule has 4 aliphatic rings. The molecule has 19 heavy (non-hydrogen) atoms. The predicted molar refractivity (Wildman–Crippen MR) is 68.3 cm³/mol. The molecule has 2 unspecified atom stereocenters. The normalized spacial score (nSPS) is 43.3. The van der Waals surface area contributed by atoms with Crippen molar-refractivity contribution in [2.75, 3.05) is 6.61 Å². The van der Waals surface area contributed by atoms with Crippen molar-refractivity contribution in [2.45, 2.75) is 33.1 Å². The van der Waals surface area contributed by atoms with Crippen molar-refractivity contribution in [3.05, 3.63) is 12.2 Å². The maximum absolute atomic E-state index is 12.2. The summed E-state index contributed by atoms with van der Waals surface area (Å²) in [5, 5.41) is 9.56. The van der Waals surface area contributed by atoms with Gasteiger partial charge in [0.15, 0.2) is 0 Å². The van der Waals surface area contributed by atoms with E-state index in [0.717, 1.165) is 12.8 Å². The summed E-state index contributed by atoms with van der Waals surface area (Å²) in [4.78, 5) is 23.8. The van der Waals surface area contributed by atoms with E-state index in [4.69, 9.17) is 4.74 Å². The minimum Gasteiger partial charge on any atom is -0.481 e. The lowest BCUT2D eigenvalue weighted by atomic mass is 9.50. The number of carbonyl (C=O) groups is 2. The number of allylic oxidation sites excluding steroid dienone is 2. The zero-order chi connectivity index (χ0) is 13.8. The molecule has 1 saturated heterocycles. The fourth-order valence-corrected chi connectivity index (χ4v) is 4.40. The molecule has 1 aliphatic heterocycles. The number of carbonyl (C=O) groups excluding carboxylic acids is 1. The van der Waals surface area contributed by atoms with E-state index in [2.05, 4.69) is 6.08 Å². The third-order valence-electron chi connectivity index (χ3n) is 5.25. The van der Waals surface area contributed by atoms with Crippen LogP contribution in [0, 0.1) is 28.6 Å². The molecule has 1 saturated carbocycles. The smallest absolute Gasteiger partial charge is 0.310 e. The number of carboxylic acids is 1. The Morgan fingerprint density at radius 2 is 2.21 bits per heavy atom. The Labute approximate surface area is 112 Å². The van der Waals surface area contributed by atoms with Gasteiger partial charge in [-0.1, -0.05) is 26.0 Å². The largest absolute Gasteiger partial charge is 0.481 e. The molecule has 4 rings (SSSR count). The molecule has 2 fully saturated rings. The summed E-state index contributed by atoms with van der Waals surface area (Å²) < 4.78 is 5.24. The van der Waals surface area contributed by atoms with Crippen molar-refractivity contribution in [3.8, 4) is 0 Å². The molecule has 3 aliphatic carbocycles. The molecular formula is C15H20O4. The second-order valence-electron chi connectivity index (χ2n) is 6.93. The van der Waals surface area contributed by atoms with Crippen LogP contribution in [0.3, 0.4) is 0 Å². The molecule has 0 aromatic carbocycles. The van der Waals surface area contributed by atoms with Gasteiger partial charge in [0.1, 0.15) is 0 Å². The number of cyclic esters (lactones) is 1. The highest BCUT2D eigenvalue weighted by Gasteiger charge is 2.61. The first-order valence-electron chi connectivity index (χ1n) is 6.96. The molecule has 104 valence electrons. The van der Waals surface area contributed by atoms with Gasteiger partial charge in [0, 0.05) is 10.8 Å². The zero-order valence-corrected chi connectivity index (χ0v) is 11.4. The van der Waals surface area contributed by atoms with Crippen LogP contribution in [0.25, 0.3) is 0 Å². The van der Waals surface area contributed by atoms with Crippen LogP contribution in [-0.2, 0) is 14.3 Å². The van der Waals surface area contributed by atoms with Crippen LogP contribution in [0.15, 0.2) is 12.2 Å².